The molecule has 1 N–H and O–H groups in total. The summed E-state index contributed by atoms with van der Waals surface area (Å²) in [6.07, 6.45) is 1.01. The molecule has 0 aromatic heterocycles. The van der Waals surface area contributed by atoms with Crippen LogP contribution in [0.2, 0.25) is 0 Å². The SMILES string of the molecule is CNC(=O)C(C)N(Cc1ccccc1)C(=O)CN(c1ccc(OC)cc1OC)S(C)(=O)=O. The van der Waals surface area contributed by atoms with Crippen LogP contribution in [0.3, 0.4) is 0 Å². The van der Waals surface area contributed by atoms with Gasteiger partial charge in [0.05, 0.1) is 26.2 Å². The minimum atomic E-state index is -3.86. The molecule has 0 saturated heterocycles. The summed E-state index contributed by atoms with van der Waals surface area (Å²) in [6.45, 7) is 1.24. The standard InChI is InChI=1S/C22H29N3O6S/c1-16(22(27)23-2)24(14-17-9-7-6-8-10-17)21(26)15-25(32(5,28)29)19-12-11-18(30-3)13-20(19)31-4/h6-13,16H,14-15H2,1-5H3,(H,23,27). The van der Waals surface area contributed by atoms with Gasteiger partial charge in [-0.1, -0.05) is 30.3 Å². The van der Waals surface area contributed by atoms with Crippen molar-refractivity contribution in [1.29, 1.82) is 0 Å². The summed E-state index contributed by atoms with van der Waals surface area (Å²) >= 11 is 0. The number of anilines is 1. The molecular formula is C22H29N3O6S. The lowest BCUT2D eigenvalue weighted by Crippen LogP contribution is -2.50. The highest BCUT2D eigenvalue weighted by atomic mass is 32.2. The summed E-state index contributed by atoms with van der Waals surface area (Å²) < 4.78 is 36.7. The molecule has 0 spiro atoms. The molecule has 2 aromatic rings. The summed E-state index contributed by atoms with van der Waals surface area (Å²) in [7, 11) is 0.501. The molecule has 9 nitrogen and oxygen atoms in total. The Morgan fingerprint density at radius 1 is 1.06 bits per heavy atom. The van der Waals surface area contributed by atoms with Gasteiger partial charge >= 0.3 is 0 Å². The van der Waals surface area contributed by atoms with Crippen molar-refractivity contribution in [2.75, 3.05) is 38.4 Å². The fourth-order valence-corrected chi connectivity index (χ4v) is 4.01. The summed E-state index contributed by atoms with van der Waals surface area (Å²) in [5.41, 5.74) is 1.00. The summed E-state index contributed by atoms with van der Waals surface area (Å²) in [5.74, 6) is -0.184. The predicted molar refractivity (Wildman–Crippen MR) is 122 cm³/mol. The second kappa shape index (κ2) is 10.9. The number of ether oxygens (including phenoxy) is 2. The molecule has 0 saturated carbocycles. The number of nitrogens with zero attached hydrogens (tertiary/aromatic N) is 2. The molecule has 174 valence electrons. The topological polar surface area (TPSA) is 105 Å². The van der Waals surface area contributed by atoms with Gasteiger partial charge < -0.3 is 19.7 Å². The third-order valence-electron chi connectivity index (χ3n) is 4.94. The minimum absolute atomic E-state index is 0.144. The second-order valence-electron chi connectivity index (χ2n) is 7.10. The molecule has 0 bridgehead atoms. The molecule has 0 fully saturated rings. The Morgan fingerprint density at radius 2 is 1.72 bits per heavy atom. The molecule has 2 aromatic carbocycles. The van der Waals surface area contributed by atoms with Gasteiger partial charge in [0.2, 0.25) is 21.8 Å². The number of rotatable bonds is 10. The summed E-state index contributed by atoms with van der Waals surface area (Å²) in [6, 6.07) is 13.0. The largest absolute Gasteiger partial charge is 0.497 e. The zero-order valence-electron chi connectivity index (χ0n) is 18.9. The first-order valence-corrected chi connectivity index (χ1v) is 11.7. The Hall–Kier alpha value is -3.27. The number of likely N-dealkylation sites (N-methyl/N-ethyl adjacent to an activating group) is 1. The van der Waals surface area contributed by atoms with Crippen LogP contribution in [0.1, 0.15) is 12.5 Å². The van der Waals surface area contributed by atoms with E-state index in [0.29, 0.717) is 5.75 Å². The lowest BCUT2D eigenvalue weighted by molar-refractivity contribution is -0.139. The normalized spacial score (nSPS) is 11.9. The van der Waals surface area contributed by atoms with Crippen LogP contribution >= 0.6 is 0 Å². The summed E-state index contributed by atoms with van der Waals surface area (Å²) in [4.78, 5) is 27.0. The van der Waals surface area contributed by atoms with Crippen LogP contribution in [0.4, 0.5) is 5.69 Å². The van der Waals surface area contributed by atoms with E-state index in [2.05, 4.69) is 5.32 Å². The minimum Gasteiger partial charge on any atom is -0.497 e. The van der Waals surface area contributed by atoms with Gasteiger partial charge in [-0.05, 0) is 24.6 Å². The van der Waals surface area contributed by atoms with Crippen LogP contribution in [0.25, 0.3) is 0 Å². The van der Waals surface area contributed by atoms with Crippen LogP contribution in [0.5, 0.6) is 11.5 Å². The van der Waals surface area contributed by atoms with E-state index in [1.807, 2.05) is 30.3 Å². The Bertz CT molecular complexity index is 1040. The first-order valence-electron chi connectivity index (χ1n) is 9.87. The maximum atomic E-state index is 13.3. The van der Waals surface area contributed by atoms with Crippen LogP contribution in [-0.4, -0.2) is 65.2 Å². The monoisotopic (exact) mass is 463 g/mol. The van der Waals surface area contributed by atoms with Crippen molar-refractivity contribution in [3.8, 4) is 11.5 Å². The molecule has 0 heterocycles. The highest BCUT2D eigenvalue weighted by molar-refractivity contribution is 7.92. The Labute approximate surface area is 189 Å². The summed E-state index contributed by atoms with van der Waals surface area (Å²) in [5, 5.41) is 2.53. The van der Waals surface area contributed by atoms with Gasteiger partial charge in [-0.3, -0.25) is 13.9 Å². The van der Waals surface area contributed by atoms with Crippen molar-refractivity contribution in [1.82, 2.24) is 10.2 Å². The quantitative estimate of drug-likeness (QED) is 0.574. The average molecular weight is 464 g/mol. The van der Waals surface area contributed by atoms with Crippen molar-refractivity contribution in [3.63, 3.8) is 0 Å². The highest BCUT2D eigenvalue weighted by Crippen LogP contribution is 2.33. The number of sulfonamides is 1. The number of methoxy groups -OCH3 is 2. The zero-order chi connectivity index (χ0) is 23.9. The molecule has 0 aliphatic heterocycles. The van der Waals surface area contributed by atoms with E-state index in [1.165, 1.54) is 38.3 Å². The molecule has 0 radical (unpaired) electrons. The van der Waals surface area contributed by atoms with E-state index in [4.69, 9.17) is 9.47 Å². The third kappa shape index (κ3) is 6.13. The fourth-order valence-electron chi connectivity index (χ4n) is 3.16. The number of hydrogen-bond donors (Lipinski definition) is 1. The molecule has 32 heavy (non-hydrogen) atoms. The highest BCUT2D eigenvalue weighted by Gasteiger charge is 2.30. The first kappa shape index (κ1) is 25.0. The van der Waals surface area contributed by atoms with Crippen LogP contribution in [0, 0.1) is 0 Å². The Kier molecular flexibility index (Phi) is 8.48. The first-order chi connectivity index (χ1) is 15.1. The van der Waals surface area contributed by atoms with Gasteiger partial charge in [-0.15, -0.1) is 0 Å². The van der Waals surface area contributed by atoms with E-state index in [1.54, 1.807) is 13.0 Å². The second-order valence-corrected chi connectivity index (χ2v) is 9.01. The Balaban J connectivity index is 2.44. The average Bonchev–Trinajstić information content (AvgIpc) is 2.79. The van der Waals surface area contributed by atoms with Gasteiger partial charge in [0.1, 0.15) is 24.1 Å². The van der Waals surface area contributed by atoms with Crippen molar-refractivity contribution in [2.24, 2.45) is 0 Å². The van der Waals surface area contributed by atoms with E-state index in [-0.39, 0.29) is 23.9 Å². The lowest BCUT2D eigenvalue weighted by Gasteiger charge is -2.31. The van der Waals surface area contributed by atoms with Crippen molar-refractivity contribution in [2.45, 2.75) is 19.5 Å². The van der Waals surface area contributed by atoms with Gasteiger partial charge in [0.15, 0.2) is 0 Å². The number of hydrogen-bond acceptors (Lipinski definition) is 6. The van der Waals surface area contributed by atoms with Gasteiger partial charge in [0.25, 0.3) is 0 Å². The molecule has 1 atom stereocenters. The maximum absolute atomic E-state index is 13.3. The van der Waals surface area contributed by atoms with Crippen molar-refractivity contribution in [3.05, 3.63) is 54.1 Å². The number of carbonyl (C=O) groups is 2. The van der Waals surface area contributed by atoms with Gasteiger partial charge in [-0.2, -0.15) is 0 Å². The van der Waals surface area contributed by atoms with E-state index in [0.717, 1.165) is 16.1 Å². The van der Waals surface area contributed by atoms with Crippen LogP contribution < -0.4 is 19.1 Å². The number of nitrogens with one attached hydrogen (secondary N) is 1. The molecule has 0 aliphatic rings. The number of benzene rings is 2. The predicted octanol–water partition coefficient (Wildman–Crippen LogP) is 1.63. The molecule has 2 rings (SSSR count). The number of carbonyl (C=O) groups excluding carboxylic acids is 2. The van der Waals surface area contributed by atoms with Crippen molar-refractivity contribution >= 4 is 27.5 Å². The zero-order valence-corrected chi connectivity index (χ0v) is 19.7. The number of amides is 2. The van der Waals surface area contributed by atoms with E-state index in [9.17, 15) is 18.0 Å². The molecule has 10 heteroatoms. The Morgan fingerprint density at radius 3 is 2.25 bits per heavy atom. The van der Waals surface area contributed by atoms with Gasteiger partial charge in [-0.25, -0.2) is 8.42 Å². The van der Waals surface area contributed by atoms with Crippen molar-refractivity contribution < 1.29 is 27.5 Å². The third-order valence-corrected chi connectivity index (χ3v) is 6.07. The molecule has 2 amide bonds. The lowest BCUT2D eigenvalue weighted by atomic mass is 10.1. The molecule has 1 unspecified atom stereocenters. The smallest absolute Gasteiger partial charge is 0.244 e. The van der Waals surface area contributed by atoms with Crippen LogP contribution in [0.15, 0.2) is 48.5 Å². The van der Waals surface area contributed by atoms with Gasteiger partial charge in [0, 0.05) is 19.7 Å². The maximum Gasteiger partial charge on any atom is 0.244 e. The molecule has 0 aliphatic carbocycles. The van der Waals surface area contributed by atoms with E-state index >= 15 is 0 Å². The fraction of sp³-hybridized carbons (Fsp3) is 0.364. The van der Waals surface area contributed by atoms with Crippen LogP contribution in [-0.2, 0) is 26.2 Å². The molecular weight excluding hydrogens is 434 g/mol. The van der Waals surface area contributed by atoms with E-state index < -0.39 is 28.5 Å².